The van der Waals surface area contributed by atoms with Crippen LogP contribution < -0.4 is 9.47 Å². The number of carbonyl (C=O) groups excluding carboxylic acids is 2. The zero-order valence-electron chi connectivity index (χ0n) is 26.9. The summed E-state index contributed by atoms with van der Waals surface area (Å²) < 4.78 is 47.3. The molecule has 3 fully saturated rings. The summed E-state index contributed by atoms with van der Waals surface area (Å²) in [6.07, 6.45) is 2.33. The van der Waals surface area contributed by atoms with Crippen LogP contribution in [0.25, 0.3) is 0 Å². The molecule has 0 aromatic heterocycles. The average molecular weight is 625 g/mol. The van der Waals surface area contributed by atoms with Crippen molar-refractivity contribution in [2.75, 3.05) is 33.4 Å². The van der Waals surface area contributed by atoms with Crippen molar-refractivity contribution in [3.8, 4) is 11.5 Å². The van der Waals surface area contributed by atoms with Gasteiger partial charge in [0.15, 0.2) is 11.5 Å². The number of likely N-dealkylation sites (tertiary alicyclic amines) is 2. The molecule has 5 unspecified atom stereocenters. The Bertz CT molecular complexity index is 1400. The lowest BCUT2D eigenvalue weighted by atomic mass is 9.67. The van der Waals surface area contributed by atoms with E-state index in [2.05, 4.69) is 12.1 Å². The summed E-state index contributed by atoms with van der Waals surface area (Å²) in [6.45, 7) is 6.84. The molecule has 6 rings (SSSR count). The van der Waals surface area contributed by atoms with Crippen LogP contribution in [0, 0.1) is 11.8 Å². The molecule has 2 saturated heterocycles. The van der Waals surface area contributed by atoms with Crippen LogP contribution in [0.1, 0.15) is 82.8 Å². The Morgan fingerprint density at radius 1 is 1.02 bits per heavy atom. The number of benzene rings is 2. The number of hydrogen-bond acceptors (Lipinski definition) is 5. The molecule has 0 radical (unpaired) electrons. The predicted octanol–water partition coefficient (Wildman–Crippen LogP) is 7.18. The second kappa shape index (κ2) is 12.1. The Labute approximate surface area is 265 Å². The number of piperidine rings is 1. The molecule has 3 aliphatic heterocycles. The van der Waals surface area contributed by atoms with E-state index in [1.54, 1.807) is 12.0 Å². The number of hydrogen-bond donors (Lipinski definition) is 0. The van der Waals surface area contributed by atoms with Gasteiger partial charge in [-0.2, -0.15) is 0 Å². The largest absolute Gasteiger partial charge is 0.493 e. The minimum atomic E-state index is -2.73. The number of fused-ring (bicyclic) bond motifs is 2. The van der Waals surface area contributed by atoms with Crippen molar-refractivity contribution in [1.82, 2.24) is 9.80 Å². The van der Waals surface area contributed by atoms with Crippen molar-refractivity contribution in [3.05, 3.63) is 59.7 Å². The van der Waals surface area contributed by atoms with E-state index < -0.39 is 28.9 Å². The molecule has 45 heavy (non-hydrogen) atoms. The lowest BCUT2D eigenvalue weighted by molar-refractivity contribution is -0.145. The number of ether oxygens (including phenoxy) is 3. The van der Waals surface area contributed by atoms with Crippen molar-refractivity contribution >= 4 is 12.0 Å². The molecule has 244 valence electrons. The van der Waals surface area contributed by atoms with Gasteiger partial charge in [0.05, 0.1) is 19.6 Å². The summed E-state index contributed by atoms with van der Waals surface area (Å²) in [7, 11) is 1.59. The number of rotatable bonds is 4. The second-order valence-corrected chi connectivity index (χ2v) is 14.4. The summed E-state index contributed by atoms with van der Waals surface area (Å²) in [6, 6.07) is 15.6. The van der Waals surface area contributed by atoms with Crippen LogP contribution in [0.2, 0.25) is 0 Å². The van der Waals surface area contributed by atoms with Crippen LogP contribution in [0.15, 0.2) is 48.5 Å². The monoisotopic (exact) mass is 624 g/mol. The first kappa shape index (κ1) is 31.6. The molecule has 4 aliphatic rings. The van der Waals surface area contributed by atoms with Gasteiger partial charge in [-0.1, -0.05) is 42.5 Å². The van der Waals surface area contributed by atoms with E-state index in [1.807, 2.05) is 62.1 Å². The highest BCUT2D eigenvalue weighted by atomic mass is 19.3. The standard InChI is InChI=1S/C36H46F2N2O5/c1-34(2,3)45-33(42)39-22-28(35(23-39)17-19-44-31-27(35)13-8-14-30(31)43-4)32(41)40-18-15-25(24-10-6-5-7-11-24)20-29(40)26-12-9-16-36(37,38)21-26/h5-8,10-11,13-14,25-26,28-29H,9,12,15-23H2,1-4H3. The van der Waals surface area contributed by atoms with Crippen LogP contribution in [0.4, 0.5) is 13.6 Å². The van der Waals surface area contributed by atoms with Gasteiger partial charge < -0.3 is 24.0 Å². The van der Waals surface area contributed by atoms with Gasteiger partial charge in [0, 0.05) is 49.5 Å². The maximum atomic E-state index is 15.0. The maximum absolute atomic E-state index is 15.0. The summed E-state index contributed by atoms with van der Waals surface area (Å²) in [5.74, 6) is -2.29. The lowest BCUT2D eigenvalue weighted by Crippen LogP contribution is -2.56. The maximum Gasteiger partial charge on any atom is 0.410 e. The Morgan fingerprint density at radius 2 is 1.80 bits per heavy atom. The van der Waals surface area contributed by atoms with Crippen LogP contribution >= 0.6 is 0 Å². The molecule has 9 heteroatoms. The summed E-state index contributed by atoms with van der Waals surface area (Å²) in [5.41, 5.74) is 0.612. The fourth-order valence-electron chi connectivity index (χ4n) is 8.39. The van der Waals surface area contributed by atoms with Crippen molar-refractivity contribution in [3.63, 3.8) is 0 Å². The smallest absolute Gasteiger partial charge is 0.410 e. The van der Waals surface area contributed by atoms with Gasteiger partial charge in [0.1, 0.15) is 5.60 Å². The molecule has 1 aliphatic carbocycles. The van der Waals surface area contributed by atoms with E-state index in [4.69, 9.17) is 14.2 Å². The first-order valence-corrected chi connectivity index (χ1v) is 16.4. The Morgan fingerprint density at radius 3 is 2.51 bits per heavy atom. The van der Waals surface area contributed by atoms with Crippen LogP contribution in [0.5, 0.6) is 11.5 Å². The number of alkyl halides is 2. The van der Waals surface area contributed by atoms with Crippen LogP contribution in [0.3, 0.4) is 0 Å². The average Bonchev–Trinajstić information content (AvgIpc) is 3.39. The molecule has 2 aromatic carbocycles. The molecule has 2 amide bonds. The van der Waals surface area contributed by atoms with Crippen LogP contribution in [-0.4, -0.2) is 72.7 Å². The van der Waals surface area contributed by atoms with E-state index in [9.17, 15) is 13.6 Å². The Balaban J connectivity index is 1.38. The van der Waals surface area contributed by atoms with E-state index in [0.717, 1.165) is 12.0 Å². The highest BCUT2D eigenvalue weighted by Crippen LogP contribution is 2.53. The fraction of sp³-hybridized carbons (Fsp3) is 0.611. The lowest BCUT2D eigenvalue weighted by Gasteiger charge is -2.48. The molecule has 1 saturated carbocycles. The van der Waals surface area contributed by atoms with Gasteiger partial charge in [-0.3, -0.25) is 4.79 Å². The van der Waals surface area contributed by atoms with Gasteiger partial charge in [0.2, 0.25) is 11.8 Å². The first-order chi connectivity index (χ1) is 21.4. The van der Waals surface area contributed by atoms with Gasteiger partial charge in [0.25, 0.3) is 0 Å². The summed E-state index contributed by atoms with van der Waals surface area (Å²) in [4.78, 5) is 32.1. The molecule has 5 atom stereocenters. The van der Waals surface area contributed by atoms with E-state index >= 15 is 4.79 Å². The highest BCUT2D eigenvalue weighted by Gasteiger charge is 2.57. The molecule has 2 aromatic rings. The molecule has 0 N–H and O–H groups in total. The number of nitrogens with zero attached hydrogens (tertiary/aromatic N) is 2. The Hall–Kier alpha value is -3.36. The normalized spacial score (nSPS) is 29.6. The molecule has 3 heterocycles. The highest BCUT2D eigenvalue weighted by molar-refractivity contribution is 5.84. The third-order valence-electron chi connectivity index (χ3n) is 10.4. The first-order valence-electron chi connectivity index (χ1n) is 16.4. The zero-order chi connectivity index (χ0) is 32.0. The van der Waals surface area contributed by atoms with Gasteiger partial charge >= 0.3 is 6.09 Å². The number of methoxy groups -OCH3 is 1. The third-order valence-corrected chi connectivity index (χ3v) is 10.4. The quantitative estimate of drug-likeness (QED) is 0.361. The van der Waals surface area contributed by atoms with Gasteiger partial charge in [-0.25, -0.2) is 13.6 Å². The number of amides is 2. The van der Waals surface area contributed by atoms with Crippen LogP contribution in [-0.2, 0) is 14.9 Å². The van der Waals surface area contributed by atoms with Crippen molar-refractivity contribution in [1.29, 1.82) is 0 Å². The predicted molar refractivity (Wildman–Crippen MR) is 167 cm³/mol. The minimum absolute atomic E-state index is 0.0675. The minimum Gasteiger partial charge on any atom is -0.493 e. The molecule has 0 bridgehead atoms. The molecular formula is C36H46F2N2O5. The second-order valence-electron chi connectivity index (χ2n) is 14.4. The van der Waals surface area contributed by atoms with Gasteiger partial charge in [-0.15, -0.1) is 0 Å². The van der Waals surface area contributed by atoms with Crippen molar-refractivity contribution < 1.29 is 32.6 Å². The van der Waals surface area contributed by atoms with Gasteiger partial charge in [-0.05, 0) is 76.3 Å². The molecular weight excluding hydrogens is 578 g/mol. The zero-order valence-corrected chi connectivity index (χ0v) is 26.9. The Kier molecular flexibility index (Phi) is 8.50. The summed E-state index contributed by atoms with van der Waals surface area (Å²) >= 11 is 0. The van der Waals surface area contributed by atoms with E-state index in [0.29, 0.717) is 56.9 Å². The topological polar surface area (TPSA) is 68.3 Å². The van der Waals surface area contributed by atoms with E-state index in [1.165, 1.54) is 5.56 Å². The third kappa shape index (κ3) is 6.24. The number of para-hydroxylation sites is 1. The van der Waals surface area contributed by atoms with Crippen molar-refractivity contribution in [2.45, 2.75) is 94.6 Å². The fourth-order valence-corrected chi connectivity index (χ4v) is 8.39. The van der Waals surface area contributed by atoms with Crippen molar-refractivity contribution in [2.24, 2.45) is 11.8 Å². The SMILES string of the molecule is COc1cccc2c1OCCC21CN(C(=O)OC(C)(C)C)CC1C(=O)N1CCC(c2ccccc2)CC1C1CCCC(F)(F)C1. The molecule has 7 nitrogen and oxygen atoms in total. The number of carbonyl (C=O) groups is 2. The summed E-state index contributed by atoms with van der Waals surface area (Å²) in [5, 5.41) is 0. The molecule has 1 spiro atoms. The van der Waals surface area contributed by atoms with E-state index in [-0.39, 0.29) is 43.2 Å². The number of halogens is 2.